The molecule has 0 radical (unpaired) electrons. The normalized spacial score (nSPS) is 21.1. The highest BCUT2D eigenvalue weighted by atomic mass is 16.6. The number of anilines is 2. The lowest BCUT2D eigenvalue weighted by Crippen LogP contribution is -2.51. The largest absolute Gasteiger partial charge is 0.493 e. The van der Waals surface area contributed by atoms with Gasteiger partial charge in [0.1, 0.15) is 23.7 Å². The summed E-state index contributed by atoms with van der Waals surface area (Å²) in [6, 6.07) is 4.64. The Labute approximate surface area is 393 Å². The Hall–Kier alpha value is -6.92. The molecule has 0 spiro atoms. The van der Waals surface area contributed by atoms with Crippen LogP contribution < -0.4 is 24.0 Å². The number of carbonyl (C=O) groups is 6. The number of methoxy groups -OCH3 is 1. The van der Waals surface area contributed by atoms with Crippen LogP contribution >= 0.6 is 0 Å². The summed E-state index contributed by atoms with van der Waals surface area (Å²) < 4.78 is 31.0. The maximum Gasteiger partial charge on any atom is 0.417 e. The van der Waals surface area contributed by atoms with Gasteiger partial charge < -0.3 is 48.3 Å². The third-order valence-corrected chi connectivity index (χ3v) is 12.7. The highest BCUT2D eigenvalue weighted by Crippen LogP contribution is 2.43. The number of nitrogens with zero attached hydrogens (tertiary/aromatic N) is 5. The number of fused-ring (bicyclic) bond motifs is 5. The minimum atomic E-state index is -1.53. The summed E-state index contributed by atoms with van der Waals surface area (Å²) in [5.41, 5.74) is 2.63. The van der Waals surface area contributed by atoms with Gasteiger partial charge in [-0.05, 0) is 90.5 Å². The van der Waals surface area contributed by atoms with Crippen molar-refractivity contribution in [1.82, 2.24) is 14.4 Å². The molecule has 1 aliphatic carbocycles. The number of carbonyl (C=O) groups excluding carboxylic acids is 6. The molecular formula is C50H57N5O13. The van der Waals surface area contributed by atoms with E-state index in [-0.39, 0.29) is 102 Å². The van der Waals surface area contributed by atoms with Crippen LogP contribution in [0.4, 0.5) is 21.0 Å². The number of unbranched alkanes of at least 4 members (excludes halogenated alkanes) is 2. The molecule has 0 bridgehead atoms. The SMILES string of the molecule is C=C1C[C@H]2C(O)N(C(=O)OCc3cn(C)c4c3C(=O)C(C)=CC4=O)c3cc(OCCCCCOc4cc5c(cc4OC)C(=O)N4CC(=C)C[C@H]4C(O)N5C(=O)OC(C)(C)C)c(C)cc3C(=O)N2C1. The lowest BCUT2D eigenvalue weighted by atomic mass is 9.93. The number of rotatable bonds is 11. The van der Waals surface area contributed by atoms with Crippen LogP contribution in [0.2, 0.25) is 0 Å². The molecule has 5 aliphatic rings. The third kappa shape index (κ3) is 8.73. The van der Waals surface area contributed by atoms with E-state index < -0.39 is 54.1 Å². The Balaban J connectivity index is 0.951. The van der Waals surface area contributed by atoms with E-state index in [1.807, 2.05) is 0 Å². The minimum absolute atomic E-state index is 0.0849. The van der Waals surface area contributed by atoms with Crippen molar-refractivity contribution in [2.75, 3.05) is 43.2 Å². The van der Waals surface area contributed by atoms with Crippen LogP contribution in [-0.4, -0.2) is 124 Å². The zero-order valence-electron chi connectivity index (χ0n) is 39.4. The molecule has 0 saturated carbocycles. The first-order chi connectivity index (χ1) is 32.2. The lowest BCUT2D eigenvalue weighted by molar-refractivity contribution is 0.0310. The van der Waals surface area contributed by atoms with Crippen LogP contribution in [0.15, 0.2) is 66.4 Å². The molecule has 4 amide bonds. The molecule has 3 aromatic rings. The van der Waals surface area contributed by atoms with Crippen LogP contribution in [0.3, 0.4) is 0 Å². The Morgan fingerprint density at radius 2 is 1.31 bits per heavy atom. The molecule has 2 N–H and O–H groups in total. The quantitative estimate of drug-likeness (QED) is 0.158. The fourth-order valence-corrected chi connectivity index (χ4v) is 9.53. The van der Waals surface area contributed by atoms with Gasteiger partial charge in [0.2, 0.25) is 5.78 Å². The summed E-state index contributed by atoms with van der Waals surface area (Å²) in [4.78, 5) is 86.8. The zero-order valence-corrected chi connectivity index (χ0v) is 39.4. The van der Waals surface area contributed by atoms with E-state index in [4.69, 9.17) is 23.7 Å². The molecule has 18 nitrogen and oxygen atoms in total. The monoisotopic (exact) mass is 935 g/mol. The van der Waals surface area contributed by atoms with Crippen LogP contribution in [0.25, 0.3) is 0 Å². The van der Waals surface area contributed by atoms with Crippen molar-refractivity contribution < 1.29 is 62.7 Å². The number of aliphatic hydroxyl groups excluding tert-OH is 2. The number of aliphatic hydroxyl groups is 2. The first-order valence-corrected chi connectivity index (χ1v) is 22.6. The van der Waals surface area contributed by atoms with Crippen molar-refractivity contribution in [2.24, 2.45) is 7.05 Å². The van der Waals surface area contributed by atoms with Crippen LogP contribution in [0, 0.1) is 6.92 Å². The number of hydrogen-bond acceptors (Lipinski definition) is 13. The van der Waals surface area contributed by atoms with Gasteiger partial charge in [-0.2, -0.15) is 0 Å². The number of hydrogen-bond donors (Lipinski definition) is 2. The second kappa shape index (κ2) is 18.3. The van der Waals surface area contributed by atoms with E-state index >= 15 is 0 Å². The van der Waals surface area contributed by atoms with Crippen molar-refractivity contribution >= 4 is 46.9 Å². The maximum atomic E-state index is 14.1. The van der Waals surface area contributed by atoms with Gasteiger partial charge in [-0.25, -0.2) is 19.4 Å². The number of Topliss-reactive ketones (excluding diaryl/α,β-unsaturated/α-hetero) is 1. The molecule has 2 saturated heterocycles. The van der Waals surface area contributed by atoms with Crippen molar-refractivity contribution in [3.05, 3.63) is 99.9 Å². The Morgan fingerprint density at radius 1 is 0.765 bits per heavy atom. The zero-order chi connectivity index (χ0) is 49.1. The number of aromatic nitrogens is 1. The van der Waals surface area contributed by atoms with E-state index in [1.165, 1.54) is 39.7 Å². The first kappa shape index (κ1) is 47.6. The molecule has 1 aromatic heterocycles. The van der Waals surface area contributed by atoms with E-state index in [0.29, 0.717) is 42.6 Å². The Morgan fingerprint density at radius 3 is 1.88 bits per heavy atom. The predicted octanol–water partition coefficient (Wildman–Crippen LogP) is 6.39. The van der Waals surface area contributed by atoms with Gasteiger partial charge >= 0.3 is 12.2 Å². The number of amides is 4. The van der Waals surface area contributed by atoms with Gasteiger partial charge in [-0.1, -0.05) is 24.3 Å². The molecule has 8 rings (SSSR count). The fraction of sp³-hybridized carbons (Fsp3) is 0.440. The number of ketones is 2. The Bertz CT molecular complexity index is 2690. The minimum Gasteiger partial charge on any atom is -0.493 e. The molecule has 360 valence electrons. The molecule has 18 heteroatoms. The molecule has 4 atom stereocenters. The Kier molecular flexibility index (Phi) is 12.8. The lowest BCUT2D eigenvalue weighted by Gasteiger charge is -2.33. The van der Waals surface area contributed by atoms with E-state index in [0.717, 1.165) is 20.9 Å². The van der Waals surface area contributed by atoms with Crippen molar-refractivity contribution in [1.29, 1.82) is 0 Å². The van der Waals surface area contributed by atoms with E-state index in [1.54, 1.807) is 60.0 Å². The van der Waals surface area contributed by atoms with Gasteiger partial charge in [0.15, 0.2) is 29.7 Å². The molecule has 2 aromatic carbocycles. The first-order valence-electron chi connectivity index (χ1n) is 22.6. The van der Waals surface area contributed by atoms with Gasteiger partial charge in [0.05, 0.1) is 60.5 Å². The molecule has 5 heterocycles. The summed E-state index contributed by atoms with van der Waals surface area (Å²) in [6.45, 7) is 17.0. The standard InChI is InChI=1S/C50H57N5O13/c1-26-15-35-46(60)54(48(62)67-25-30-24-51(8)42-37(56)18-29(4)43(57)41(30)42)33-20-38(28(3)17-31(33)44(58)52(35)22-26)65-13-11-10-12-14-66-40-21-34-32(19-39(40)64-9)45(59)53-23-27(2)16-36(53)47(61)55(34)49(63)68-50(5,6)7/h17-21,24,35-36,46-47,60-61H,1-2,10-16,22-23,25H2,3-9H3/t35-,36-,46?,47?/m0/s1. The number of ether oxygens (including phenoxy) is 5. The van der Waals surface area contributed by atoms with Gasteiger partial charge in [0.25, 0.3) is 11.8 Å². The number of allylic oxidation sites excluding steroid dienone is 2. The highest BCUT2D eigenvalue weighted by Gasteiger charge is 2.48. The fourth-order valence-electron chi connectivity index (χ4n) is 9.53. The van der Waals surface area contributed by atoms with Crippen molar-refractivity contribution in [3.63, 3.8) is 0 Å². The summed E-state index contributed by atoms with van der Waals surface area (Å²) in [6.07, 6.45) is 0.429. The second-order valence-electron chi connectivity index (χ2n) is 18.9. The maximum absolute atomic E-state index is 14.1. The summed E-state index contributed by atoms with van der Waals surface area (Å²) in [5.74, 6) is -0.583. The van der Waals surface area contributed by atoms with Crippen molar-refractivity contribution in [3.8, 4) is 17.2 Å². The number of benzene rings is 2. The van der Waals surface area contributed by atoms with Crippen LogP contribution in [0.1, 0.15) is 112 Å². The van der Waals surface area contributed by atoms with E-state index in [9.17, 15) is 39.0 Å². The molecule has 4 aliphatic heterocycles. The number of aryl methyl sites for hydroxylation is 2. The summed E-state index contributed by atoms with van der Waals surface area (Å²) in [5, 5.41) is 23.4. The van der Waals surface area contributed by atoms with E-state index in [2.05, 4.69) is 13.2 Å². The highest BCUT2D eigenvalue weighted by molar-refractivity contribution is 6.24. The summed E-state index contributed by atoms with van der Waals surface area (Å²) in [7, 11) is 3.07. The van der Waals surface area contributed by atoms with Gasteiger partial charge in [-0.3, -0.25) is 19.2 Å². The average molecular weight is 936 g/mol. The van der Waals surface area contributed by atoms with Gasteiger partial charge in [0, 0.05) is 49.6 Å². The predicted molar refractivity (Wildman–Crippen MR) is 247 cm³/mol. The second-order valence-corrected chi connectivity index (χ2v) is 18.9. The average Bonchev–Trinajstić information content (AvgIpc) is 3.95. The summed E-state index contributed by atoms with van der Waals surface area (Å²) >= 11 is 0. The molecule has 2 fully saturated rings. The third-order valence-electron chi connectivity index (χ3n) is 12.7. The smallest absolute Gasteiger partial charge is 0.417 e. The van der Waals surface area contributed by atoms with Gasteiger partial charge in [-0.15, -0.1) is 0 Å². The van der Waals surface area contributed by atoms with Crippen LogP contribution in [0.5, 0.6) is 17.2 Å². The molecule has 68 heavy (non-hydrogen) atoms. The molecular weight excluding hydrogens is 879 g/mol. The topological polar surface area (TPSA) is 207 Å². The van der Waals surface area contributed by atoms with Crippen molar-refractivity contribution in [2.45, 2.75) is 103 Å². The van der Waals surface area contributed by atoms with Crippen LogP contribution in [-0.2, 0) is 23.1 Å². The molecule has 2 unspecified atom stereocenters.